The van der Waals surface area contributed by atoms with Crippen molar-refractivity contribution in [3.05, 3.63) is 0 Å². The van der Waals surface area contributed by atoms with Gasteiger partial charge in [-0.05, 0) is 30.1 Å². The van der Waals surface area contributed by atoms with Crippen molar-refractivity contribution < 1.29 is 13.9 Å². The maximum absolute atomic E-state index is 14.0. The molecule has 0 bridgehead atoms. The Morgan fingerprint density at radius 3 is 1.83 bits per heavy atom. The second-order valence-corrected chi connectivity index (χ2v) is 7.17. The van der Waals surface area contributed by atoms with Gasteiger partial charge in [-0.15, -0.1) is 0 Å². The van der Waals surface area contributed by atoms with E-state index in [-0.39, 0.29) is 17.1 Å². The summed E-state index contributed by atoms with van der Waals surface area (Å²) in [5.74, 6) is 0. The van der Waals surface area contributed by atoms with Crippen molar-refractivity contribution in [2.24, 2.45) is 10.8 Å². The Bertz CT molecular complexity index is 217. The molecule has 0 saturated heterocycles. The van der Waals surface area contributed by atoms with Gasteiger partial charge in [-0.25, -0.2) is 4.39 Å². The molecular weight excluding hydrogens is 231 g/mol. The van der Waals surface area contributed by atoms with Gasteiger partial charge in [0.1, 0.15) is 6.17 Å². The molecule has 0 aromatic rings. The van der Waals surface area contributed by atoms with Crippen molar-refractivity contribution in [3.63, 3.8) is 0 Å². The summed E-state index contributed by atoms with van der Waals surface area (Å²) in [6.07, 6.45) is 1.85. The monoisotopic (exact) mass is 262 g/mol. The van der Waals surface area contributed by atoms with Gasteiger partial charge in [-0.3, -0.25) is 0 Å². The summed E-state index contributed by atoms with van der Waals surface area (Å²) in [4.78, 5) is 0. The molecule has 0 radical (unpaired) electrons. The molecule has 3 heteroatoms. The van der Waals surface area contributed by atoms with Gasteiger partial charge in [0.15, 0.2) is 6.29 Å². The summed E-state index contributed by atoms with van der Waals surface area (Å²) in [5, 5.41) is 0. The van der Waals surface area contributed by atoms with Crippen LogP contribution in [0.4, 0.5) is 4.39 Å². The molecule has 0 aliphatic rings. The molecule has 110 valence electrons. The van der Waals surface area contributed by atoms with Crippen LogP contribution in [0.5, 0.6) is 0 Å². The summed E-state index contributed by atoms with van der Waals surface area (Å²) in [5.41, 5.74) is 0.101. The standard InChI is InChI=1S/C15H31FO2/c1-14(2,3)9-8-12(16)10-15(4,5)11-13(17-6)18-7/h12-13H,8-11H2,1-7H3. The molecule has 2 nitrogen and oxygen atoms in total. The zero-order valence-electron chi connectivity index (χ0n) is 13.2. The largest absolute Gasteiger partial charge is 0.356 e. The van der Waals surface area contributed by atoms with Crippen LogP contribution in [-0.2, 0) is 9.47 Å². The first-order chi connectivity index (χ1) is 8.09. The molecule has 1 atom stereocenters. The van der Waals surface area contributed by atoms with Crippen LogP contribution in [0.15, 0.2) is 0 Å². The van der Waals surface area contributed by atoms with Crippen LogP contribution in [0.3, 0.4) is 0 Å². The third-order valence-electron chi connectivity index (χ3n) is 3.23. The summed E-state index contributed by atoms with van der Waals surface area (Å²) >= 11 is 0. The Hall–Kier alpha value is -0.150. The first kappa shape index (κ1) is 17.8. The second-order valence-electron chi connectivity index (χ2n) is 7.17. The molecule has 0 spiro atoms. The van der Waals surface area contributed by atoms with E-state index in [2.05, 4.69) is 34.6 Å². The number of hydrogen-bond acceptors (Lipinski definition) is 2. The van der Waals surface area contributed by atoms with Crippen molar-refractivity contribution in [2.75, 3.05) is 14.2 Å². The van der Waals surface area contributed by atoms with Gasteiger partial charge in [0, 0.05) is 20.6 Å². The minimum Gasteiger partial charge on any atom is -0.356 e. The number of ether oxygens (including phenoxy) is 2. The van der Waals surface area contributed by atoms with Crippen molar-refractivity contribution >= 4 is 0 Å². The molecule has 0 rings (SSSR count). The molecule has 0 amide bonds. The van der Waals surface area contributed by atoms with E-state index in [9.17, 15) is 4.39 Å². The van der Waals surface area contributed by atoms with Crippen LogP contribution in [0.25, 0.3) is 0 Å². The zero-order valence-corrected chi connectivity index (χ0v) is 13.2. The van der Waals surface area contributed by atoms with Gasteiger partial charge in [-0.2, -0.15) is 0 Å². The lowest BCUT2D eigenvalue weighted by molar-refractivity contribution is -0.124. The van der Waals surface area contributed by atoms with Gasteiger partial charge in [0.05, 0.1) is 0 Å². The highest BCUT2D eigenvalue weighted by atomic mass is 19.1. The molecule has 0 heterocycles. The van der Waals surface area contributed by atoms with Crippen LogP contribution in [0.1, 0.15) is 60.3 Å². The average Bonchev–Trinajstić information content (AvgIpc) is 2.21. The second kappa shape index (κ2) is 7.44. The Morgan fingerprint density at radius 1 is 0.944 bits per heavy atom. The van der Waals surface area contributed by atoms with Gasteiger partial charge in [-0.1, -0.05) is 34.6 Å². The van der Waals surface area contributed by atoms with Crippen LogP contribution >= 0.6 is 0 Å². The lowest BCUT2D eigenvalue weighted by Gasteiger charge is -2.30. The smallest absolute Gasteiger partial charge is 0.157 e. The average molecular weight is 262 g/mol. The van der Waals surface area contributed by atoms with Crippen LogP contribution in [-0.4, -0.2) is 26.7 Å². The topological polar surface area (TPSA) is 18.5 Å². The van der Waals surface area contributed by atoms with Gasteiger partial charge in [0.25, 0.3) is 0 Å². The highest BCUT2D eigenvalue weighted by molar-refractivity contribution is 4.76. The van der Waals surface area contributed by atoms with Crippen LogP contribution < -0.4 is 0 Å². The van der Waals surface area contributed by atoms with Gasteiger partial charge in [0.2, 0.25) is 0 Å². The molecule has 1 unspecified atom stereocenters. The number of methoxy groups -OCH3 is 2. The third kappa shape index (κ3) is 8.87. The van der Waals surface area contributed by atoms with Gasteiger partial charge >= 0.3 is 0 Å². The lowest BCUT2D eigenvalue weighted by Crippen LogP contribution is -2.27. The van der Waals surface area contributed by atoms with E-state index < -0.39 is 6.17 Å². The maximum atomic E-state index is 14.0. The fourth-order valence-electron chi connectivity index (χ4n) is 2.09. The van der Waals surface area contributed by atoms with E-state index in [1.54, 1.807) is 14.2 Å². The third-order valence-corrected chi connectivity index (χ3v) is 3.23. The van der Waals surface area contributed by atoms with E-state index in [0.29, 0.717) is 12.8 Å². The molecule has 0 aromatic heterocycles. The van der Waals surface area contributed by atoms with Crippen molar-refractivity contribution in [1.29, 1.82) is 0 Å². The maximum Gasteiger partial charge on any atom is 0.157 e. The summed E-state index contributed by atoms with van der Waals surface area (Å²) < 4.78 is 24.4. The molecule has 0 aliphatic heterocycles. The summed E-state index contributed by atoms with van der Waals surface area (Å²) in [6, 6.07) is 0. The lowest BCUT2D eigenvalue weighted by atomic mass is 9.81. The SMILES string of the molecule is COC(CC(C)(C)CC(F)CCC(C)(C)C)OC. The first-order valence-electron chi connectivity index (χ1n) is 6.79. The Balaban J connectivity index is 4.14. The first-order valence-corrected chi connectivity index (χ1v) is 6.79. The zero-order chi connectivity index (χ0) is 14.4. The van der Waals surface area contributed by atoms with E-state index in [4.69, 9.17) is 9.47 Å². The Kier molecular flexibility index (Phi) is 7.38. The van der Waals surface area contributed by atoms with Crippen molar-refractivity contribution in [2.45, 2.75) is 72.8 Å². The molecule has 0 aliphatic carbocycles. The number of alkyl halides is 1. The fourth-order valence-corrected chi connectivity index (χ4v) is 2.09. The van der Waals surface area contributed by atoms with Crippen molar-refractivity contribution in [3.8, 4) is 0 Å². The van der Waals surface area contributed by atoms with Crippen molar-refractivity contribution in [1.82, 2.24) is 0 Å². The van der Waals surface area contributed by atoms with E-state index in [1.165, 1.54) is 0 Å². The molecule has 0 aromatic carbocycles. The Morgan fingerprint density at radius 2 is 1.44 bits per heavy atom. The molecular formula is C15H31FO2. The predicted octanol–water partition coefficient (Wildman–Crippen LogP) is 4.58. The molecule has 18 heavy (non-hydrogen) atoms. The number of halogens is 1. The van der Waals surface area contributed by atoms with Crippen LogP contribution in [0, 0.1) is 10.8 Å². The van der Waals surface area contributed by atoms with E-state index >= 15 is 0 Å². The van der Waals surface area contributed by atoms with E-state index in [0.717, 1.165) is 12.8 Å². The van der Waals surface area contributed by atoms with Gasteiger partial charge < -0.3 is 9.47 Å². The quantitative estimate of drug-likeness (QED) is 0.596. The van der Waals surface area contributed by atoms with E-state index in [1.807, 2.05) is 0 Å². The number of rotatable bonds is 8. The minimum absolute atomic E-state index is 0.103. The normalized spacial score (nSPS) is 15.2. The molecule has 0 N–H and O–H groups in total. The summed E-state index contributed by atoms with van der Waals surface area (Å²) in [6.45, 7) is 10.6. The Labute approximate surface area is 112 Å². The predicted molar refractivity (Wildman–Crippen MR) is 74.4 cm³/mol. The number of hydrogen-bond donors (Lipinski definition) is 0. The van der Waals surface area contributed by atoms with Crippen LogP contribution in [0.2, 0.25) is 0 Å². The highest BCUT2D eigenvalue weighted by Crippen LogP contribution is 2.33. The minimum atomic E-state index is -0.742. The fraction of sp³-hybridized carbons (Fsp3) is 1.00. The molecule has 0 saturated carbocycles. The molecule has 0 fully saturated rings. The highest BCUT2D eigenvalue weighted by Gasteiger charge is 2.27. The summed E-state index contributed by atoms with van der Waals surface area (Å²) in [7, 11) is 3.24.